The molecule has 1 aliphatic rings. The van der Waals surface area contributed by atoms with Crippen molar-refractivity contribution in [2.24, 2.45) is 4.99 Å². The Morgan fingerprint density at radius 3 is 2.40 bits per heavy atom. The zero-order valence-electron chi connectivity index (χ0n) is 17.7. The second-order valence-corrected chi connectivity index (χ2v) is 7.88. The van der Waals surface area contributed by atoms with Crippen LogP contribution >= 0.6 is 35.3 Å². The molecule has 0 unspecified atom stereocenters. The summed E-state index contributed by atoms with van der Waals surface area (Å²) in [5, 5.41) is 21.3. The minimum Gasteiger partial charge on any atom is -0.502 e. The number of methoxy groups -OCH3 is 2. The van der Waals surface area contributed by atoms with Crippen molar-refractivity contribution in [1.29, 1.82) is 0 Å². The summed E-state index contributed by atoms with van der Waals surface area (Å²) in [4.78, 5) is 6.86. The molecule has 30 heavy (non-hydrogen) atoms. The molecule has 3 N–H and O–H groups in total. The van der Waals surface area contributed by atoms with Crippen LogP contribution in [0.25, 0.3) is 0 Å². The molecule has 0 spiro atoms. The van der Waals surface area contributed by atoms with Crippen LogP contribution in [0.3, 0.4) is 0 Å². The SMILES string of the molecule is CN=C(NCc1cc(OC)c(O)c(OC)c1)NC1CCN(Cc2ccsc2)CC1.I. The minimum absolute atomic E-state index is 0. The Kier molecular flexibility index (Phi) is 9.99. The van der Waals surface area contributed by atoms with E-state index in [-0.39, 0.29) is 29.7 Å². The van der Waals surface area contributed by atoms with Gasteiger partial charge in [-0.2, -0.15) is 11.3 Å². The fraction of sp³-hybridized carbons (Fsp3) is 0.476. The third-order valence-electron chi connectivity index (χ3n) is 5.14. The van der Waals surface area contributed by atoms with Crippen LogP contribution in [0.1, 0.15) is 24.0 Å². The molecule has 2 aromatic rings. The van der Waals surface area contributed by atoms with Gasteiger partial charge in [0.05, 0.1) is 14.2 Å². The molecular weight excluding hydrogens is 515 g/mol. The first-order valence-electron chi connectivity index (χ1n) is 9.77. The predicted molar refractivity (Wildman–Crippen MR) is 133 cm³/mol. The van der Waals surface area contributed by atoms with Gasteiger partial charge in [-0.15, -0.1) is 24.0 Å². The number of phenolic OH excluding ortho intramolecular Hbond substituents is 1. The Labute approximate surface area is 199 Å². The maximum absolute atomic E-state index is 10.0. The van der Waals surface area contributed by atoms with Crippen LogP contribution in [0.2, 0.25) is 0 Å². The van der Waals surface area contributed by atoms with Crippen LogP contribution in [0.4, 0.5) is 0 Å². The Morgan fingerprint density at radius 1 is 1.20 bits per heavy atom. The quantitative estimate of drug-likeness (QED) is 0.281. The van der Waals surface area contributed by atoms with E-state index >= 15 is 0 Å². The fourth-order valence-corrected chi connectivity index (χ4v) is 4.16. The number of hydrogen-bond acceptors (Lipinski definition) is 6. The summed E-state index contributed by atoms with van der Waals surface area (Å²) in [6.07, 6.45) is 2.18. The number of hydrogen-bond donors (Lipinski definition) is 3. The first-order chi connectivity index (χ1) is 14.1. The highest BCUT2D eigenvalue weighted by Gasteiger charge is 2.20. The summed E-state index contributed by atoms with van der Waals surface area (Å²) in [7, 11) is 4.83. The molecule has 0 saturated carbocycles. The van der Waals surface area contributed by atoms with Crippen LogP contribution in [0.15, 0.2) is 34.0 Å². The molecule has 1 fully saturated rings. The summed E-state index contributed by atoms with van der Waals surface area (Å²) in [5.41, 5.74) is 2.34. The van der Waals surface area contributed by atoms with Gasteiger partial charge in [0.25, 0.3) is 0 Å². The number of thiophene rings is 1. The van der Waals surface area contributed by atoms with Crippen LogP contribution in [-0.4, -0.2) is 56.4 Å². The van der Waals surface area contributed by atoms with Crippen LogP contribution in [-0.2, 0) is 13.1 Å². The molecule has 7 nitrogen and oxygen atoms in total. The van der Waals surface area contributed by atoms with E-state index in [0.29, 0.717) is 24.1 Å². The van der Waals surface area contributed by atoms with Crippen molar-refractivity contribution in [3.05, 3.63) is 40.1 Å². The maximum atomic E-state index is 10.0. The normalized spacial score (nSPS) is 15.4. The van der Waals surface area contributed by atoms with Gasteiger partial charge >= 0.3 is 0 Å². The lowest BCUT2D eigenvalue weighted by Crippen LogP contribution is -2.48. The highest BCUT2D eigenvalue weighted by atomic mass is 127. The number of aromatic hydroxyl groups is 1. The number of aliphatic imine (C=N–C) groups is 1. The highest BCUT2D eigenvalue weighted by Crippen LogP contribution is 2.37. The van der Waals surface area contributed by atoms with Crippen LogP contribution in [0.5, 0.6) is 17.2 Å². The lowest BCUT2D eigenvalue weighted by molar-refractivity contribution is 0.198. The van der Waals surface area contributed by atoms with Crippen molar-refractivity contribution in [2.75, 3.05) is 34.4 Å². The molecule has 9 heteroatoms. The standard InChI is InChI=1S/C21H30N4O3S.HI/c1-22-21(23-12-16-10-18(27-2)20(26)19(11-16)28-3)24-17-4-7-25(8-5-17)13-15-6-9-29-14-15;/h6,9-11,14,17,26H,4-5,7-8,12-13H2,1-3H3,(H2,22,23,24);1H. The zero-order valence-corrected chi connectivity index (χ0v) is 20.8. The minimum atomic E-state index is 0. The number of nitrogens with one attached hydrogen (secondary N) is 2. The second kappa shape index (κ2) is 12.2. The van der Waals surface area contributed by atoms with Crippen LogP contribution < -0.4 is 20.1 Å². The first kappa shape index (κ1) is 24.5. The monoisotopic (exact) mass is 546 g/mol. The molecular formula is C21H31IN4O3S. The van der Waals surface area contributed by atoms with Gasteiger partial charge in [-0.25, -0.2) is 0 Å². The molecule has 3 rings (SSSR count). The first-order valence-corrected chi connectivity index (χ1v) is 10.7. The van der Waals surface area contributed by atoms with E-state index in [1.807, 2.05) is 0 Å². The Morgan fingerprint density at radius 2 is 1.87 bits per heavy atom. The number of benzene rings is 1. The van der Waals surface area contributed by atoms with Gasteiger partial charge in [0, 0.05) is 39.3 Å². The number of rotatable bonds is 7. The number of ether oxygens (including phenoxy) is 2. The lowest BCUT2D eigenvalue weighted by atomic mass is 10.0. The van der Waals surface area contributed by atoms with Gasteiger partial charge in [0.2, 0.25) is 5.75 Å². The third kappa shape index (κ3) is 6.64. The van der Waals surface area contributed by atoms with E-state index in [1.165, 1.54) is 19.8 Å². The third-order valence-corrected chi connectivity index (χ3v) is 5.87. The van der Waals surface area contributed by atoms with E-state index in [0.717, 1.165) is 44.0 Å². The topological polar surface area (TPSA) is 78.4 Å². The summed E-state index contributed by atoms with van der Waals surface area (Å²) in [6, 6.07) is 6.19. The van der Waals surface area contributed by atoms with E-state index in [2.05, 4.69) is 37.4 Å². The molecule has 0 aliphatic carbocycles. The van der Waals surface area contributed by atoms with Gasteiger partial charge in [-0.1, -0.05) is 0 Å². The summed E-state index contributed by atoms with van der Waals surface area (Å²) < 4.78 is 10.4. The number of halogens is 1. The van der Waals surface area contributed by atoms with Crippen molar-refractivity contribution in [3.63, 3.8) is 0 Å². The molecule has 1 aliphatic heterocycles. The molecule has 1 aromatic carbocycles. The van der Waals surface area contributed by atoms with Gasteiger partial charge in [-0.05, 0) is 52.9 Å². The molecule has 2 heterocycles. The molecule has 166 valence electrons. The second-order valence-electron chi connectivity index (χ2n) is 7.10. The van der Waals surface area contributed by atoms with Crippen molar-refractivity contribution >= 4 is 41.3 Å². The van der Waals surface area contributed by atoms with E-state index in [9.17, 15) is 5.11 Å². The number of phenols is 1. The van der Waals surface area contributed by atoms with Gasteiger partial charge in [0.15, 0.2) is 17.5 Å². The lowest BCUT2D eigenvalue weighted by Gasteiger charge is -2.33. The number of piperidine rings is 1. The fourth-order valence-electron chi connectivity index (χ4n) is 3.50. The summed E-state index contributed by atoms with van der Waals surface area (Å²) in [5.74, 6) is 1.56. The smallest absolute Gasteiger partial charge is 0.200 e. The highest BCUT2D eigenvalue weighted by molar-refractivity contribution is 14.0. The number of nitrogens with zero attached hydrogens (tertiary/aromatic N) is 2. The number of likely N-dealkylation sites (tertiary alicyclic amines) is 1. The van der Waals surface area contributed by atoms with E-state index < -0.39 is 0 Å². The van der Waals surface area contributed by atoms with Crippen molar-refractivity contribution in [1.82, 2.24) is 15.5 Å². The largest absolute Gasteiger partial charge is 0.502 e. The van der Waals surface area contributed by atoms with Crippen LogP contribution in [0, 0.1) is 0 Å². The number of guanidine groups is 1. The Hall–Kier alpha value is -1.72. The van der Waals surface area contributed by atoms with Gasteiger partial charge in [0.1, 0.15) is 0 Å². The average molecular weight is 546 g/mol. The van der Waals surface area contributed by atoms with Gasteiger partial charge < -0.3 is 25.2 Å². The van der Waals surface area contributed by atoms with Gasteiger partial charge in [-0.3, -0.25) is 9.89 Å². The van der Waals surface area contributed by atoms with Crippen molar-refractivity contribution in [3.8, 4) is 17.2 Å². The molecule has 1 saturated heterocycles. The van der Waals surface area contributed by atoms with E-state index in [4.69, 9.17) is 9.47 Å². The Bertz CT molecular complexity index is 784. The maximum Gasteiger partial charge on any atom is 0.200 e. The predicted octanol–water partition coefficient (Wildman–Crippen LogP) is 3.42. The Balaban J connectivity index is 0.00000320. The molecule has 0 radical (unpaired) electrons. The van der Waals surface area contributed by atoms with Crippen molar-refractivity contribution < 1.29 is 14.6 Å². The molecule has 0 atom stereocenters. The summed E-state index contributed by atoms with van der Waals surface area (Å²) in [6.45, 7) is 3.74. The summed E-state index contributed by atoms with van der Waals surface area (Å²) >= 11 is 1.76. The van der Waals surface area contributed by atoms with E-state index in [1.54, 1.807) is 30.5 Å². The average Bonchev–Trinajstić information content (AvgIpc) is 3.26. The van der Waals surface area contributed by atoms with Crippen molar-refractivity contribution in [2.45, 2.75) is 32.0 Å². The molecule has 0 bridgehead atoms. The molecule has 1 aromatic heterocycles. The molecule has 0 amide bonds. The zero-order chi connectivity index (χ0) is 20.6.